The van der Waals surface area contributed by atoms with Crippen molar-refractivity contribution in [1.82, 2.24) is 31.5 Å². The number of amides is 5. The van der Waals surface area contributed by atoms with Gasteiger partial charge in [0.05, 0.1) is 20.2 Å². The molecule has 0 saturated carbocycles. The SMILES string of the molecule is CCN(CC)CCCC[C@H](NC(=O)CNC(=O)[C@H](C)NC(=O)CNC(=O)c1ccc(C(C)(C)C)cc1)C(=O)NCC(=O)OC. The third kappa shape index (κ3) is 14.5. The number of benzene rings is 1. The smallest absolute Gasteiger partial charge is 0.325 e. The van der Waals surface area contributed by atoms with Crippen molar-refractivity contribution >= 4 is 35.5 Å². The number of nitrogens with zero attached hydrogens (tertiary/aromatic N) is 1. The Morgan fingerprint density at radius 3 is 1.93 bits per heavy atom. The van der Waals surface area contributed by atoms with Crippen LogP contribution in [0.5, 0.6) is 0 Å². The number of ether oxygens (including phenoxy) is 1. The minimum absolute atomic E-state index is 0.0561. The molecule has 0 bridgehead atoms. The molecule has 0 aromatic heterocycles. The van der Waals surface area contributed by atoms with Crippen LogP contribution in [0.3, 0.4) is 0 Å². The predicted octanol–water partition coefficient (Wildman–Crippen LogP) is 0.621. The normalized spacial score (nSPS) is 12.5. The minimum atomic E-state index is -0.988. The third-order valence-electron chi connectivity index (χ3n) is 7.01. The molecule has 1 aromatic carbocycles. The second-order valence-electron chi connectivity index (χ2n) is 11.5. The molecule has 2 atom stereocenters. The van der Waals surface area contributed by atoms with E-state index in [-0.39, 0.29) is 18.5 Å². The monoisotopic (exact) mass is 618 g/mol. The lowest BCUT2D eigenvalue weighted by Gasteiger charge is -2.21. The van der Waals surface area contributed by atoms with Crippen molar-refractivity contribution in [2.24, 2.45) is 0 Å². The van der Waals surface area contributed by atoms with Gasteiger partial charge >= 0.3 is 5.97 Å². The molecule has 0 aliphatic heterocycles. The van der Waals surface area contributed by atoms with E-state index >= 15 is 0 Å². The number of rotatable bonds is 18. The molecule has 13 heteroatoms. The van der Waals surface area contributed by atoms with Gasteiger partial charge in [-0.3, -0.25) is 28.8 Å². The summed E-state index contributed by atoms with van der Waals surface area (Å²) in [5.41, 5.74) is 1.42. The Balaban J connectivity index is 2.55. The first kappa shape index (κ1) is 38.0. The highest BCUT2D eigenvalue weighted by Crippen LogP contribution is 2.22. The second-order valence-corrected chi connectivity index (χ2v) is 11.5. The molecule has 0 saturated heterocycles. The lowest BCUT2D eigenvalue weighted by atomic mass is 9.87. The lowest BCUT2D eigenvalue weighted by molar-refractivity contribution is -0.141. The van der Waals surface area contributed by atoms with Crippen molar-refractivity contribution in [2.45, 2.75) is 78.3 Å². The highest BCUT2D eigenvalue weighted by molar-refractivity contribution is 5.97. The average Bonchev–Trinajstić information content (AvgIpc) is 2.99. The highest BCUT2D eigenvalue weighted by Gasteiger charge is 2.23. The molecule has 0 unspecified atom stereocenters. The molecule has 0 fully saturated rings. The maximum absolute atomic E-state index is 12.7. The van der Waals surface area contributed by atoms with Crippen LogP contribution in [0.1, 0.15) is 76.7 Å². The van der Waals surface area contributed by atoms with Gasteiger partial charge in [-0.1, -0.05) is 46.8 Å². The first-order valence-electron chi connectivity index (χ1n) is 15.0. The topological polar surface area (TPSA) is 175 Å². The largest absolute Gasteiger partial charge is 0.468 e. The van der Waals surface area contributed by atoms with E-state index in [2.05, 4.69) is 70.8 Å². The van der Waals surface area contributed by atoms with Crippen LogP contribution in [0.2, 0.25) is 0 Å². The minimum Gasteiger partial charge on any atom is -0.468 e. The number of esters is 1. The van der Waals surface area contributed by atoms with Gasteiger partial charge in [0.2, 0.25) is 23.6 Å². The Labute approximate surface area is 260 Å². The van der Waals surface area contributed by atoms with Crippen molar-refractivity contribution in [2.75, 3.05) is 46.4 Å². The fourth-order valence-corrected chi connectivity index (χ4v) is 4.16. The van der Waals surface area contributed by atoms with Gasteiger partial charge in [0, 0.05) is 5.56 Å². The average molecular weight is 619 g/mol. The number of nitrogens with one attached hydrogen (secondary N) is 5. The van der Waals surface area contributed by atoms with Crippen molar-refractivity contribution in [3.8, 4) is 0 Å². The molecule has 0 spiro atoms. The molecular formula is C31H50N6O7. The molecule has 1 rings (SSSR count). The van der Waals surface area contributed by atoms with Crippen LogP contribution in [0.15, 0.2) is 24.3 Å². The van der Waals surface area contributed by atoms with E-state index < -0.39 is 54.1 Å². The van der Waals surface area contributed by atoms with Crippen molar-refractivity contribution < 1.29 is 33.5 Å². The predicted molar refractivity (Wildman–Crippen MR) is 167 cm³/mol. The number of unbranched alkanes of at least 4 members (excludes halogenated alkanes) is 1. The Kier molecular flexibility index (Phi) is 16.7. The van der Waals surface area contributed by atoms with Gasteiger partial charge in [-0.2, -0.15) is 0 Å². The van der Waals surface area contributed by atoms with E-state index in [4.69, 9.17) is 0 Å². The zero-order valence-corrected chi connectivity index (χ0v) is 27.1. The number of carbonyl (C=O) groups is 6. The van der Waals surface area contributed by atoms with E-state index in [1.165, 1.54) is 14.0 Å². The lowest BCUT2D eigenvalue weighted by Crippen LogP contribution is -2.52. The van der Waals surface area contributed by atoms with Crippen LogP contribution in [0, 0.1) is 0 Å². The molecular weight excluding hydrogens is 568 g/mol. The van der Waals surface area contributed by atoms with Crippen LogP contribution in [0.25, 0.3) is 0 Å². The van der Waals surface area contributed by atoms with Crippen molar-refractivity contribution in [3.63, 3.8) is 0 Å². The molecule has 0 aliphatic rings. The molecule has 246 valence electrons. The number of hydrogen-bond acceptors (Lipinski definition) is 8. The van der Waals surface area contributed by atoms with Gasteiger partial charge in [0.1, 0.15) is 18.6 Å². The molecule has 5 amide bonds. The van der Waals surface area contributed by atoms with E-state index in [1.807, 2.05) is 12.1 Å². The summed E-state index contributed by atoms with van der Waals surface area (Å²) >= 11 is 0. The highest BCUT2D eigenvalue weighted by atomic mass is 16.5. The standard InChI is InChI=1S/C31H50N6O7/c1-8-37(9-2)17-11-10-12-24(30(43)34-20-27(40)44-7)36-26(39)19-32-28(41)21(3)35-25(38)18-33-29(42)22-13-15-23(16-14-22)31(4,5)6/h13-16,21,24H,8-12,17-20H2,1-7H3,(H,32,41)(H,33,42)(H,34,43)(H,35,38)(H,36,39)/t21-,24-/m0/s1. The van der Waals surface area contributed by atoms with Gasteiger partial charge < -0.3 is 36.2 Å². The van der Waals surface area contributed by atoms with Gasteiger partial charge in [0.25, 0.3) is 5.91 Å². The van der Waals surface area contributed by atoms with Gasteiger partial charge in [0.15, 0.2) is 0 Å². The molecule has 44 heavy (non-hydrogen) atoms. The number of methoxy groups -OCH3 is 1. The Bertz CT molecular complexity index is 1110. The Hall–Kier alpha value is -4.00. The fourth-order valence-electron chi connectivity index (χ4n) is 4.16. The first-order chi connectivity index (χ1) is 20.7. The fraction of sp³-hybridized carbons (Fsp3) is 0.613. The molecule has 0 heterocycles. The van der Waals surface area contributed by atoms with Crippen LogP contribution >= 0.6 is 0 Å². The summed E-state index contributed by atoms with van der Waals surface area (Å²) in [7, 11) is 1.20. The summed E-state index contributed by atoms with van der Waals surface area (Å²) in [5, 5.41) is 12.5. The van der Waals surface area contributed by atoms with Gasteiger partial charge in [-0.05, 0) is 68.9 Å². The summed E-state index contributed by atoms with van der Waals surface area (Å²) in [5.74, 6) is -3.39. The number of carbonyl (C=O) groups excluding carboxylic acids is 6. The maximum Gasteiger partial charge on any atom is 0.325 e. The summed E-state index contributed by atoms with van der Waals surface area (Å²) in [6, 6.07) is 5.21. The molecule has 0 radical (unpaired) electrons. The van der Waals surface area contributed by atoms with E-state index in [0.717, 1.165) is 31.6 Å². The van der Waals surface area contributed by atoms with Crippen LogP contribution in [-0.2, 0) is 34.1 Å². The van der Waals surface area contributed by atoms with Crippen LogP contribution in [-0.4, -0.2) is 98.9 Å². The third-order valence-corrected chi connectivity index (χ3v) is 7.01. The van der Waals surface area contributed by atoms with Crippen LogP contribution in [0.4, 0.5) is 0 Å². The Morgan fingerprint density at radius 1 is 0.795 bits per heavy atom. The van der Waals surface area contributed by atoms with E-state index in [0.29, 0.717) is 18.4 Å². The zero-order chi connectivity index (χ0) is 33.3. The molecule has 0 aliphatic carbocycles. The summed E-state index contributed by atoms with van der Waals surface area (Å²) < 4.78 is 4.54. The zero-order valence-electron chi connectivity index (χ0n) is 27.1. The number of hydrogen-bond donors (Lipinski definition) is 5. The van der Waals surface area contributed by atoms with Crippen LogP contribution < -0.4 is 26.6 Å². The van der Waals surface area contributed by atoms with E-state index in [1.54, 1.807) is 12.1 Å². The summed E-state index contributed by atoms with van der Waals surface area (Å²) in [4.78, 5) is 76.1. The summed E-state index contributed by atoms with van der Waals surface area (Å²) in [6.45, 7) is 13.4. The Morgan fingerprint density at radius 2 is 1.36 bits per heavy atom. The van der Waals surface area contributed by atoms with Gasteiger partial charge in [-0.25, -0.2) is 0 Å². The molecule has 5 N–H and O–H groups in total. The quantitative estimate of drug-likeness (QED) is 0.118. The second kappa shape index (κ2) is 19.3. The van der Waals surface area contributed by atoms with E-state index in [9.17, 15) is 28.8 Å². The first-order valence-corrected chi connectivity index (χ1v) is 15.0. The maximum atomic E-state index is 12.7. The van der Waals surface area contributed by atoms with Crippen molar-refractivity contribution in [3.05, 3.63) is 35.4 Å². The molecule has 1 aromatic rings. The summed E-state index contributed by atoms with van der Waals surface area (Å²) in [6.07, 6.45) is 1.81. The van der Waals surface area contributed by atoms with Crippen molar-refractivity contribution in [1.29, 1.82) is 0 Å². The van der Waals surface area contributed by atoms with Gasteiger partial charge in [-0.15, -0.1) is 0 Å². The molecule has 13 nitrogen and oxygen atoms in total.